The van der Waals surface area contributed by atoms with Crippen LogP contribution in [-0.2, 0) is 4.79 Å². The zero-order valence-electron chi connectivity index (χ0n) is 15.2. The Morgan fingerprint density at radius 3 is 2.04 bits per heavy atom. The van der Waals surface area contributed by atoms with Crippen LogP contribution in [0.15, 0.2) is 48.5 Å². The average Bonchev–Trinajstić information content (AvgIpc) is 2.61. The van der Waals surface area contributed by atoms with Crippen LogP contribution < -0.4 is 14.8 Å². The highest BCUT2D eigenvalue weighted by Gasteiger charge is 2.16. The number of ether oxygens (including phenoxy) is 2. The molecule has 0 heterocycles. The molecule has 0 radical (unpaired) electrons. The predicted molar refractivity (Wildman–Crippen MR) is 103 cm³/mol. The number of nitrogens with one attached hydrogen (secondary N) is 1. The largest absolute Gasteiger partial charge is 0.493 e. The number of amides is 1. The summed E-state index contributed by atoms with van der Waals surface area (Å²) >= 11 is 0. The smallest absolute Gasteiger partial charge is 0.221 e. The molecule has 2 rings (SSSR count). The molecule has 0 aliphatic carbocycles. The van der Waals surface area contributed by atoms with Gasteiger partial charge in [0.05, 0.1) is 13.2 Å². The fourth-order valence-electron chi connectivity index (χ4n) is 2.44. The Balaban J connectivity index is 2.23. The molecular formula is C21H23NO4. The number of carbonyl (C=O) groups is 2. The molecule has 2 aromatic rings. The van der Waals surface area contributed by atoms with Crippen molar-refractivity contribution in [2.45, 2.75) is 20.8 Å². The third kappa shape index (κ3) is 5.21. The van der Waals surface area contributed by atoms with Crippen LogP contribution in [0.3, 0.4) is 0 Å². The van der Waals surface area contributed by atoms with Crippen LogP contribution in [0.4, 0.5) is 5.69 Å². The summed E-state index contributed by atoms with van der Waals surface area (Å²) in [4.78, 5) is 23.8. The average molecular weight is 353 g/mol. The van der Waals surface area contributed by atoms with Gasteiger partial charge in [0.2, 0.25) is 5.91 Å². The number of ketones is 1. The van der Waals surface area contributed by atoms with Crippen LogP contribution in [0, 0.1) is 0 Å². The lowest BCUT2D eigenvalue weighted by molar-refractivity contribution is -0.114. The second kappa shape index (κ2) is 9.42. The third-order valence-electron chi connectivity index (χ3n) is 3.49. The van der Waals surface area contributed by atoms with E-state index in [0.29, 0.717) is 36.0 Å². The van der Waals surface area contributed by atoms with E-state index in [1.807, 2.05) is 26.0 Å². The van der Waals surface area contributed by atoms with Crippen molar-refractivity contribution in [2.24, 2.45) is 0 Å². The number of allylic oxidation sites excluding steroid dienone is 1. The van der Waals surface area contributed by atoms with Crippen LogP contribution in [0.1, 0.15) is 36.7 Å². The van der Waals surface area contributed by atoms with Crippen molar-refractivity contribution >= 4 is 23.5 Å². The van der Waals surface area contributed by atoms with Crippen molar-refractivity contribution in [3.8, 4) is 11.5 Å². The second-order valence-corrected chi connectivity index (χ2v) is 5.50. The van der Waals surface area contributed by atoms with E-state index < -0.39 is 0 Å². The summed E-state index contributed by atoms with van der Waals surface area (Å²) in [7, 11) is 0. The van der Waals surface area contributed by atoms with Crippen LogP contribution in [-0.4, -0.2) is 24.9 Å². The van der Waals surface area contributed by atoms with E-state index in [9.17, 15) is 9.59 Å². The van der Waals surface area contributed by atoms with Crippen LogP contribution in [0.2, 0.25) is 0 Å². The first-order valence-corrected chi connectivity index (χ1v) is 8.53. The molecule has 0 unspecified atom stereocenters. The minimum absolute atomic E-state index is 0.126. The minimum Gasteiger partial charge on any atom is -0.493 e. The van der Waals surface area contributed by atoms with Crippen molar-refractivity contribution in [3.63, 3.8) is 0 Å². The Labute approximate surface area is 153 Å². The van der Waals surface area contributed by atoms with Gasteiger partial charge in [0, 0.05) is 12.6 Å². The fraction of sp³-hybridized carbons (Fsp3) is 0.238. The van der Waals surface area contributed by atoms with Gasteiger partial charge in [-0.1, -0.05) is 24.3 Å². The summed E-state index contributed by atoms with van der Waals surface area (Å²) < 4.78 is 11.1. The normalized spacial score (nSPS) is 10.6. The highest BCUT2D eigenvalue weighted by molar-refractivity contribution is 6.10. The third-order valence-corrected chi connectivity index (χ3v) is 3.49. The molecule has 0 aliphatic heterocycles. The molecule has 5 heteroatoms. The summed E-state index contributed by atoms with van der Waals surface area (Å²) in [6.07, 6.45) is 3.21. The van der Waals surface area contributed by atoms with Crippen molar-refractivity contribution in [1.82, 2.24) is 0 Å². The second-order valence-electron chi connectivity index (χ2n) is 5.50. The lowest BCUT2D eigenvalue weighted by atomic mass is 10.1. The van der Waals surface area contributed by atoms with Gasteiger partial charge in [-0.2, -0.15) is 0 Å². The van der Waals surface area contributed by atoms with Gasteiger partial charge in [0.25, 0.3) is 0 Å². The lowest BCUT2D eigenvalue weighted by Gasteiger charge is -2.13. The first kappa shape index (κ1) is 19.2. The molecule has 0 saturated heterocycles. The lowest BCUT2D eigenvalue weighted by Crippen LogP contribution is -2.06. The molecule has 0 spiro atoms. The van der Waals surface area contributed by atoms with Gasteiger partial charge in [-0.3, -0.25) is 9.59 Å². The molecule has 5 nitrogen and oxygen atoms in total. The maximum atomic E-state index is 12.7. The van der Waals surface area contributed by atoms with E-state index in [-0.39, 0.29) is 11.7 Å². The van der Waals surface area contributed by atoms with Gasteiger partial charge in [-0.05, 0) is 49.8 Å². The molecule has 0 atom stereocenters. The molecule has 0 saturated carbocycles. The highest BCUT2D eigenvalue weighted by atomic mass is 16.5. The molecule has 26 heavy (non-hydrogen) atoms. The number of hydrogen-bond donors (Lipinski definition) is 1. The number of anilines is 1. The molecule has 0 aromatic heterocycles. The maximum absolute atomic E-state index is 12.7. The number of rotatable bonds is 8. The van der Waals surface area contributed by atoms with E-state index in [1.165, 1.54) is 13.0 Å². The summed E-state index contributed by atoms with van der Waals surface area (Å²) in [5, 5.41) is 2.70. The van der Waals surface area contributed by atoms with Crippen molar-refractivity contribution < 1.29 is 19.1 Å². The van der Waals surface area contributed by atoms with Gasteiger partial charge >= 0.3 is 0 Å². The molecule has 2 aromatic carbocycles. The number of carbonyl (C=O) groups excluding carboxylic acids is 2. The quantitative estimate of drug-likeness (QED) is 0.566. The summed E-state index contributed by atoms with van der Waals surface area (Å²) in [5.41, 5.74) is 1.97. The van der Waals surface area contributed by atoms with Gasteiger partial charge < -0.3 is 14.8 Å². The van der Waals surface area contributed by atoms with Crippen molar-refractivity contribution in [1.29, 1.82) is 0 Å². The van der Waals surface area contributed by atoms with E-state index >= 15 is 0 Å². The molecule has 1 amide bonds. The topological polar surface area (TPSA) is 64.6 Å². The first-order valence-electron chi connectivity index (χ1n) is 8.53. The van der Waals surface area contributed by atoms with Crippen LogP contribution >= 0.6 is 0 Å². The van der Waals surface area contributed by atoms with Crippen LogP contribution in [0.5, 0.6) is 11.5 Å². The van der Waals surface area contributed by atoms with Crippen molar-refractivity contribution in [2.75, 3.05) is 18.5 Å². The Kier molecular flexibility index (Phi) is 6.97. The highest BCUT2D eigenvalue weighted by Crippen LogP contribution is 2.29. The predicted octanol–water partition coefficient (Wildman–Crippen LogP) is 4.34. The van der Waals surface area contributed by atoms with E-state index in [4.69, 9.17) is 9.47 Å². The maximum Gasteiger partial charge on any atom is 0.221 e. The fourth-order valence-corrected chi connectivity index (χ4v) is 2.44. The zero-order valence-corrected chi connectivity index (χ0v) is 15.2. The standard InChI is InChI=1S/C21H23NO4/c1-4-25-19-7-6-8-20(26-5-2)21(19)18(24)14-11-16-9-12-17(13-10-16)22-15(3)23/h6-14H,4-5H2,1-3H3,(H,22,23)/b14-11+. The summed E-state index contributed by atoms with van der Waals surface area (Å²) in [5.74, 6) is 0.700. The number of hydrogen-bond acceptors (Lipinski definition) is 4. The molecule has 0 aliphatic rings. The molecule has 0 bridgehead atoms. The monoisotopic (exact) mass is 353 g/mol. The first-order chi connectivity index (χ1) is 12.5. The summed E-state index contributed by atoms with van der Waals surface area (Å²) in [6.45, 7) is 6.12. The Morgan fingerprint density at radius 2 is 1.54 bits per heavy atom. The van der Waals surface area contributed by atoms with Gasteiger partial charge in [0.15, 0.2) is 5.78 Å². The minimum atomic E-state index is -0.191. The molecular weight excluding hydrogens is 330 g/mol. The van der Waals surface area contributed by atoms with Gasteiger partial charge in [-0.15, -0.1) is 0 Å². The van der Waals surface area contributed by atoms with E-state index in [0.717, 1.165) is 5.56 Å². The SMILES string of the molecule is CCOc1cccc(OCC)c1C(=O)/C=C/c1ccc(NC(C)=O)cc1. The van der Waals surface area contributed by atoms with Crippen molar-refractivity contribution in [3.05, 3.63) is 59.7 Å². The van der Waals surface area contributed by atoms with Gasteiger partial charge in [0.1, 0.15) is 17.1 Å². The van der Waals surface area contributed by atoms with E-state index in [2.05, 4.69) is 5.32 Å². The Hall–Kier alpha value is -3.08. The Bertz CT molecular complexity index is 770. The molecule has 136 valence electrons. The van der Waals surface area contributed by atoms with Crippen LogP contribution in [0.25, 0.3) is 6.08 Å². The number of benzene rings is 2. The molecule has 0 fully saturated rings. The summed E-state index contributed by atoms with van der Waals surface area (Å²) in [6, 6.07) is 12.5. The molecule has 1 N–H and O–H groups in total. The van der Waals surface area contributed by atoms with E-state index in [1.54, 1.807) is 36.4 Å². The Morgan fingerprint density at radius 1 is 0.962 bits per heavy atom. The van der Waals surface area contributed by atoms with Gasteiger partial charge in [-0.25, -0.2) is 0 Å². The zero-order chi connectivity index (χ0) is 18.9.